The average Bonchev–Trinajstić information content (AvgIpc) is 2.61. The summed E-state index contributed by atoms with van der Waals surface area (Å²) in [6.07, 6.45) is 7.47. The molecule has 198 valence electrons. The lowest BCUT2D eigenvalue weighted by molar-refractivity contribution is 0.0501. The van der Waals surface area contributed by atoms with Crippen LogP contribution in [0.1, 0.15) is 102 Å². The number of unbranched alkanes of at least 4 members (excludes halogenated alkanes) is 2. The lowest BCUT2D eigenvalue weighted by atomic mass is 10.1. The second kappa shape index (κ2) is 13.0. The zero-order valence-electron chi connectivity index (χ0n) is 25.6. The van der Waals surface area contributed by atoms with Crippen LogP contribution in [0.15, 0.2) is 11.3 Å². The van der Waals surface area contributed by atoms with Gasteiger partial charge in [0.25, 0.3) is 0 Å². The van der Waals surface area contributed by atoms with Gasteiger partial charge in [-0.25, -0.2) is 0 Å². The smallest absolute Gasteiger partial charge is 0.201 e. The molecule has 0 aromatic heterocycles. The summed E-state index contributed by atoms with van der Waals surface area (Å²) >= 11 is 0. The van der Waals surface area contributed by atoms with Gasteiger partial charge in [0.1, 0.15) is 0 Å². The summed E-state index contributed by atoms with van der Waals surface area (Å²) < 4.78 is 14.9. The summed E-state index contributed by atoms with van der Waals surface area (Å²) in [5.74, 6) is 0. The largest absolute Gasteiger partial charge is 0.411 e. The van der Waals surface area contributed by atoms with Gasteiger partial charge in [-0.2, -0.15) is 0 Å². The molecule has 0 aromatic carbocycles. The van der Waals surface area contributed by atoms with Gasteiger partial charge in [-0.05, 0) is 48.1 Å². The SMILES string of the molecule is C/C=C(/[C@@H](O[Si](C(C)C)(C(C)C)C(C)C)[C@H](CCCCC)O[Si](C)(C)C(C)(C)C)[Si](C)(C)C. The van der Waals surface area contributed by atoms with Gasteiger partial charge in [0.15, 0.2) is 8.32 Å². The van der Waals surface area contributed by atoms with Crippen molar-refractivity contribution in [1.82, 2.24) is 0 Å². The van der Waals surface area contributed by atoms with Crippen molar-refractivity contribution in [2.24, 2.45) is 0 Å². The topological polar surface area (TPSA) is 18.5 Å². The maximum Gasteiger partial charge on any atom is 0.201 e. The summed E-state index contributed by atoms with van der Waals surface area (Å²) in [5, 5.41) is 1.75. The van der Waals surface area contributed by atoms with Crippen LogP contribution in [0.4, 0.5) is 0 Å². The van der Waals surface area contributed by atoms with Crippen LogP contribution in [0, 0.1) is 0 Å². The fraction of sp³-hybridized carbons (Fsp3) is 0.929. The molecule has 0 spiro atoms. The summed E-state index contributed by atoms with van der Waals surface area (Å²) in [5.41, 5.74) is 1.72. The van der Waals surface area contributed by atoms with Crippen molar-refractivity contribution in [2.45, 2.75) is 168 Å². The Balaban J connectivity index is 6.80. The van der Waals surface area contributed by atoms with Crippen molar-refractivity contribution in [3.63, 3.8) is 0 Å². The fourth-order valence-electron chi connectivity index (χ4n) is 5.41. The minimum absolute atomic E-state index is 0.0894. The molecule has 33 heavy (non-hydrogen) atoms. The molecule has 0 saturated heterocycles. The Morgan fingerprint density at radius 3 is 1.55 bits per heavy atom. The third kappa shape index (κ3) is 8.73. The second-order valence-corrected chi connectivity index (χ2v) is 29.0. The van der Waals surface area contributed by atoms with E-state index in [1.807, 2.05) is 0 Å². The van der Waals surface area contributed by atoms with Crippen molar-refractivity contribution < 1.29 is 8.85 Å². The molecule has 0 radical (unpaired) electrons. The van der Waals surface area contributed by atoms with E-state index in [9.17, 15) is 0 Å². The summed E-state index contributed by atoms with van der Waals surface area (Å²) in [6.45, 7) is 38.4. The van der Waals surface area contributed by atoms with Gasteiger partial charge in [-0.15, -0.1) is 0 Å². The van der Waals surface area contributed by atoms with Gasteiger partial charge in [0, 0.05) is 0 Å². The van der Waals surface area contributed by atoms with E-state index in [4.69, 9.17) is 8.85 Å². The molecule has 0 aliphatic carbocycles. The normalized spacial score (nSPS) is 16.8. The maximum atomic E-state index is 7.66. The van der Waals surface area contributed by atoms with Gasteiger partial charge in [-0.1, -0.05) is 119 Å². The molecule has 0 heterocycles. The molecular weight excluding hydrogens is 453 g/mol. The van der Waals surface area contributed by atoms with Crippen molar-refractivity contribution in [3.8, 4) is 0 Å². The zero-order valence-corrected chi connectivity index (χ0v) is 28.6. The van der Waals surface area contributed by atoms with Gasteiger partial charge < -0.3 is 8.85 Å². The first-order chi connectivity index (χ1) is 14.8. The summed E-state index contributed by atoms with van der Waals surface area (Å²) in [4.78, 5) is 0. The van der Waals surface area contributed by atoms with Crippen molar-refractivity contribution in [1.29, 1.82) is 0 Å². The Morgan fingerprint density at radius 2 is 1.24 bits per heavy atom. The Kier molecular flexibility index (Phi) is 13.1. The zero-order chi connectivity index (χ0) is 26.4. The van der Waals surface area contributed by atoms with Crippen LogP contribution >= 0.6 is 0 Å². The van der Waals surface area contributed by atoms with Crippen LogP contribution in [-0.4, -0.2) is 36.9 Å². The molecule has 0 amide bonds. The molecule has 2 nitrogen and oxygen atoms in total. The Morgan fingerprint density at radius 1 is 0.788 bits per heavy atom. The Hall–Kier alpha value is 0.311. The van der Waals surface area contributed by atoms with Crippen LogP contribution in [0.5, 0.6) is 0 Å². The molecule has 0 N–H and O–H groups in total. The molecule has 0 rings (SSSR count). The number of rotatable bonds is 14. The first-order valence-electron chi connectivity index (χ1n) is 13.8. The third-order valence-corrected chi connectivity index (χ3v) is 21.1. The van der Waals surface area contributed by atoms with Crippen LogP contribution in [0.25, 0.3) is 0 Å². The van der Waals surface area contributed by atoms with Crippen LogP contribution in [-0.2, 0) is 8.85 Å². The van der Waals surface area contributed by atoms with Crippen molar-refractivity contribution >= 4 is 24.7 Å². The summed E-state index contributed by atoms with van der Waals surface area (Å²) in [6, 6.07) is 0. The van der Waals surface area contributed by atoms with Gasteiger partial charge >= 0.3 is 0 Å². The van der Waals surface area contributed by atoms with E-state index in [1.165, 1.54) is 19.3 Å². The standard InChI is InChI=1S/C28H62O2Si3/c1-17-19-20-21-25(29-32(15,16)28(9,10)11)27(26(18-2)31(12,13)14)30-33(22(3)4,23(5)6)24(7)8/h18,22-25,27H,17,19-21H2,1-16H3/b26-18-/t25-,27-/m0/s1. The molecule has 0 aliphatic heterocycles. The highest BCUT2D eigenvalue weighted by molar-refractivity contribution is 6.83. The monoisotopic (exact) mass is 514 g/mol. The number of hydrogen-bond acceptors (Lipinski definition) is 2. The predicted molar refractivity (Wildman–Crippen MR) is 159 cm³/mol. The molecular formula is C28H62O2Si3. The average molecular weight is 515 g/mol. The lowest BCUT2D eigenvalue weighted by Gasteiger charge is -2.50. The van der Waals surface area contributed by atoms with E-state index in [0.717, 1.165) is 6.42 Å². The first kappa shape index (κ1) is 33.3. The first-order valence-corrected chi connectivity index (χ1v) is 22.4. The minimum atomic E-state index is -2.06. The second-order valence-electron chi connectivity index (χ2n) is 13.8. The molecule has 0 aromatic rings. The number of hydrogen-bond donors (Lipinski definition) is 0. The highest BCUT2D eigenvalue weighted by Gasteiger charge is 2.50. The van der Waals surface area contributed by atoms with E-state index in [1.54, 1.807) is 5.20 Å². The molecule has 0 bridgehead atoms. The van der Waals surface area contributed by atoms with Crippen LogP contribution < -0.4 is 0 Å². The van der Waals surface area contributed by atoms with Gasteiger partial charge in [-0.3, -0.25) is 0 Å². The lowest BCUT2D eigenvalue weighted by Crippen LogP contribution is -2.57. The molecule has 5 heteroatoms. The molecule has 0 aliphatic rings. The van der Waals surface area contributed by atoms with Crippen LogP contribution in [0.3, 0.4) is 0 Å². The van der Waals surface area contributed by atoms with Crippen molar-refractivity contribution in [3.05, 3.63) is 11.3 Å². The predicted octanol–water partition coefficient (Wildman–Crippen LogP) is 10.3. The fourth-order valence-corrected chi connectivity index (χ4v) is 14.4. The van der Waals surface area contributed by atoms with E-state index < -0.39 is 24.7 Å². The van der Waals surface area contributed by atoms with E-state index in [2.05, 4.69) is 115 Å². The summed E-state index contributed by atoms with van der Waals surface area (Å²) in [7, 11) is -5.60. The van der Waals surface area contributed by atoms with Gasteiger partial charge in [0.05, 0.1) is 20.3 Å². The quantitative estimate of drug-likeness (QED) is 0.169. The van der Waals surface area contributed by atoms with Gasteiger partial charge in [0.2, 0.25) is 8.32 Å². The minimum Gasteiger partial charge on any atom is -0.411 e. The molecule has 0 unspecified atom stereocenters. The Labute approximate surface area is 213 Å². The molecule has 2 atom stereocenters. The molecule has 0 saturated carbocycles. The van der Waals surface area contributed by atoms with E-state index in [0.29, 0.717) is 16.6 Å². The Bertz CT molecular complexity index is 573. The van der Waals surface area contributed by atoms with Crippen LogP contribution in [0.2, 0.25) is 54.4 Å². The highest BCUT2D eigenvalue weighted by Crippen LogP contribution is 2.46. The van der Waals surface area contributed by atoms with E-state index in [-0.39, 0.29) is 17.2 Å². The highest BCUT2D eigenvalue weighted by atomic mass is 28.4. The maximum absolute atomic E-state index is 7.66. The number of allylic oxidation sites excluding steroid dienone is 1. The molecule has 0 fully saturated rings. The third-order valence-electron chi connectivity index (χ3n) is 8.20. The van der Waals surface area contributed by atoms with Crippen molar-refractivity contribution in [2.75, 3.05) is 0 Å². The van der Waals surface area contributed by atoms with E-state index >= 15 is 0 Å².